The van der Waals surface area contributed by atoms with E-state index in [0.717, 1.165) is 13.0 Å². The summed E-state index contributed by atoms with van der Waals surface area (Å²) < 4.78 is 0. The van der Waals surface area contributed by atoms with Crippen molar-refractivity contribution < 1.29 is 0 Å². The lowest BCUT2D eigenvalue weighted by Crippen LogP contribution is -2.57. The SMILES string of the molecule is CCC(NCC(C)(C)N1CCN(C)CC1)c1ccccc1. The minimum Gasteiger partial charge on any atom is -0.308 e. The van der Waals surface area contributed by atoms with Gasteiger partial charge in [-0.3, -0.25) is 4.90 Å². The third-order valence-corrected chi connectivity index (χ3v) is 4.75. The quantitative estimate of drug-likeness (QED) is 0.869. The summed E-state index contributed by atoms with van der Waals surface area (Å²) in [5, 5.41) is 3.78. The summed E-state index contributed by atoms with van der Waals surface area (Å²) in [6, 6.07) is 11.3. The molecule has 0 spiro atoms. The largest absolute Gasteiger partial charge is 0.308 e. The van der Waals surface area contributed by atoms with Crippen LogP contribution in [-0.4, -0.2) is 55.1 Å². The van der Waals surface area contributed by atoms with Gasteiger partial charge >= 0.3 is 0 Å². The molecule has 2 rings (SSSR count). The van der Waals surface area contributed by atoms with Crippen LogP contribution in [0.3, 0.4) is 0 Å². The average molecular weight is 289 g/mol. The molecule has 1 N–H and O–H groups in total. The summed E-state index contributed by atoms with van der Waals surface area (Å²) in [6.07, 6.45) is 1.13. The fraction of sp³-hybridized carbons (Fsp3) is 0.667. The Morgan fingerprint density at radius 3 is 2.29 bits per heavy atom. The van der Waals surface area contributed by atoms with Gasteiger partial charge in [-0.1, -0.05) is 37.3 Å². The first-order valence-corrected chi connectivity index (χ1v) is 8.25. The fourth-order valence-electron chi connectivity index (χ4n) is 3.08. The van der Waals surface area contributed by atoms with Crippen LogP contribution < -0.4 is 5.32 Å². The molecule has 1 aliphatic heterocycles. The number of hydrogen-bond acceptors (Lipinski definition) is 3. The number of nitrogens with zero attached hydrogens (tertiary/aromatic N) is 2. The lowest BCUT2D eigenvalue weighted by Gasteiger charge is -2.44. The molecular weight excluding hydrogens is 258 g/mol. The number of likely N-dealkylation sites (N-methyl/N-ethyl adjacent to an activating group) is 1. The first-order chi connectivity index (χ1) is 10.0. The summed E-state index contributed by atoms with van der Waals surface area (Å²) in [4.78, 5) is 5.04. The van der Waals surface area contributed by atoms with Gasteiger partial charge in [-0.2, -0.15) is 0 Å². The Morgan fingerprint density at radius 1 is 1.10 bits per heavy atom. The van der Waals surface area contributed by atoms with Gasteiger partial charge in [0.15, 0.2) is 0 Å². The van der Waals surface area contributed by atoms with E-state index in [1.165, 1.54) is 31.7 Å². The third-order valence-electron chi connectivity index (χ3n) is 4.75. The Morgan fingerprint density at radius 2 is 1.71 bits per heavy atom. The van der Waals surface area contributed by atoms with Crippen LogP contribution in [0, 0.1) is 0 Å². The highest BCUT2D eigenvalue weighted by Crippen LogP contribution is 2.20. The van der Waals surface area contributed by atoms with Gasteiger partial charge in [0, 0.05) is 44.3 Å². The maximum absolute atomic E-state index is 3.78. The molecule has 1 aromatic rings. The molecule has 0 aromatic heterocycles. The van der Waals surface area contributed by atoms with Gasteiger partial charge in [0.05, 0.1) is 0 Å². The highest BCUT2D eigenvalue weighted by Gasteiger charge is 2.29. The van der Waals surface area contributed by atoms with Gasteiger partial charge in [-0.25, -0.2) is 0 Å². The summed E-state index contributed by atoms with van der Waals surface area (Å²) in [6.45, 7) is 12.7. The number of hydrogen-bond donors (Lipinski definition) is 1. The van der Waals surface area contributed by atoms with E-state index in [-0.39, 0.29) is 5.54 Å². The molecule has 1 unspecified atom stereocenters. The lowest BCUT2D eigenvalue weighted by molar-refractivity contribution is 0.0600. The first-order valence-electron chi connectivity index (χ1n) is 8.25. The molecule has 0 radical (unpaired) electrons. The predicted octanol–water partition coefficient (Wildman–Crippen LogP) is 2.75. The minimum absolute atomic E-state index is 0.212. The number of rotatable bonds is 6. The zero-order chi connectivity index (χ0) is 15.3. The summed E-state index contributed by atoms with van der Waals surface area (Å²) in [5.74, 6) is 0. The molecule has 1 saturated heterocycles. The van der Waals surface area contributed by atoms with Crippen LogP contribution in [0.4, 0.5) is 0 Å². The Kier molecular flexibility index (Phi) is 5.80. The van der Waals surface area contributed by atoms with Crippen molar-refractivity contribution in [1.29, 1.82) is 0 Å². The molecule has 1 aliphatic rings. The zero-order valence-electron chi connectivity index (χ0n) is 14.1. The van der Waals surface area contributed by atoms with Crippen LogP contribution in [0.5, 0.6) is 0 Å². The second kappa shape index (κ2) is 7.39. The van der Waals surface area contributed by atoms with Crippen LogP contribution in [0.25, 0.3) is 0 Å². The smallest absolute Gasteiger partial charge is 0.0318 e. The monoisotopic (exact) mass is 289 g/mol. The number of benzene rings is 1. The molecule has 1 heterocycles. The van der Waals surface area contributed by atoms with E-state index in [0.29, 0.717) is 6.04 Å². The van der Waals surface area contributed by atoms with E-state index in [2.05, 4.69) is 73.3 Å². The molecule has 0 amide bonds. The van der Waals surface area contributed by atoms with Crippen molar-refractivity contribution in [3.8, 4) is 0 Å². The van der Waals surface area contributed by atoms with Crippen LogP contribution in [0.2, 0.25) is 0 Å². The van der Waals surface area contributed by atoms with Gasteiger partial charge in [0.2, 0.25) is 0 Å². The summed E-state index contributed by atoms with van der Waals surface area (Å²) in [5.41, 5.74) is 1.61. The maximum atomic E-state index is 3.78. The summed E-state index contributed by atoms with van der Waals surface area (Å²) in [7, 11) is 2.21. The van der Waals surface area contributed by atoms with E-state index < -0.39 is 0 Å². The van der Waals surface area contributed by atoms with Gasteiger partial charge in [0.1, 0.15) is 0 Å². The number of nitrogens with one attached hydrogen (secondary N) is 1. The minimum atomic E-state index is 0.212. The molecule has 0 saturated carbocycles. The van der Waals surface area contributed by atoms with Gasteiger partial charge in [-0.05, 0) is 32.9 Å². The molecule has 0 aliphatic carbocycles. The van der Waals surface area contributed by atoms with Gasteiger partial charge in [0.25, 0.3) is 0 Å². The van der Waals surface area contributed by atoms with Gasteiger partial charge in [-0.15, -0.1) is 0 Å². The van der Waals surface area contributed by atoms with Crippen molar-refractivity contribution in [2.75, 3.05) is 39.8 Å². The lowest BCUT2D eigenvalue weighted by atomic mass is 9.98. The molecule has 1 atom stereocenters. The van der Waals surface area contributed by atoms with Crippen molar-refractivity contribution in [1.82, 2.24) is 15.1 Å². The molecule has 118 valence electrons. The molecule has 0 bridgehead atoms. The van der Waals surface area contributed by atoms with Crippen molar-refractivity contribution in [3.63, 3.8) is 0 Å². The number of piperazine rings is 1. The Bertz CT molecular complexity index is 408. The van der Waals surface area contributed by atoms with Crippen LogP contribution >= 0.6 is 0 Å². The zero-order valence-corrected chi connectivity index (χ0v) is 14.1. The Balaban J connectivity index is 1.90. The first kappa shape index (κ1) is 16.5. The Hall–Kier alpha value is -0.900. The van der Waals surface area contributed by atoms with Crippen LogP contribution in [0.15, 0.2) is 30.3 Å². The van der Waals surface area contributed by atoms with E-state index in [1.807, 2.05) is 0 Å². The van der Waals surface area contributed by atoms with Crippen LogP contribution in [0.1, 0.15) is 38.8 Å². The standard InChI is InChI=1S/C18H31N3/c1-5-17(16-9-7-6-8-10-16)19-15-18(2,3)21-13-11-20(4)12-14-21/h6-10,17,19H,5,11-15H2,1-4H3. The highest BCUT2D eigenvalue weighted by molar-refractivity contribution is 5.18. The van der Waals surface area contributed by atoms with Gasteiger partial charge < -0.3 is 10.2 Å². The average Bonchev–Trinajstić information content (AvgIpc) is 2.49. The van der Waals surface area contributed by atoms with Crippen molar-refractivity contribution in [3.05, 3.63) is 35.9 Å². The summed E-state index contributed by atoms with van der Waals surface area (Å²) >= 11 is 0. The molecule has 1 aromatic carbocycles. The maximum Gasteiger partial charge on any atom is 0.0318 e. The van der Waals surface area contributed by atoms with E-state index in [4.69, 9.17) is 0 Å². The van der Waals surface area contributed by atoms with E-state index in [9.17, 15) is 0 Å². The third kappa shape index (κ3) is 4.53. The normalized spacial score (nSPS) is 19.6. The molecule has 3 nitrogen and oxygen atoms in total. The topological polar surface area (TPSA) is 18.5 Å². The second-order valence-corrected chi connectivity index (χ2v) is 6.86. The van der Waals surface area contributed by atoms with Crippen molar-refractivity contribution in [2.24, 2.45) is 0 Å². The molecule has 21 heavy (non-hydrogen) atoms. The molecule has 1 fully saturated rings. The van der Waals surface area contributed by atoms with Crippen molar-refractivity contribution in [2.45, 2.75) is 38.8 Å². The molecule has 3 heteroatoms. The Labute approximate surface area is 130 Å². The van der Waals surface area contributed by atoms with Crippen molar-refractivity contribution >= 4 is 0 Å². The van der Waals surface area contributed by atoms with E-state index >= 15 is 0 Å². The van der Waals surface area contributed by atoms with E-state index in [1.54, 1.807) is 0 Å². The second-order valence-electron chi connectivity index (χ2n) is 6.86. The van der Waals surface area contributed by atoms with Crippen LogP contribution in [-0.2, 0) is 0 Å². The predicted molar refractivity (Wildman–Crippen MR) is 90.6 cm³/mol. The highest BCUT2D eigenvalue weighted by atomic mass is 15.3. The fourth-order valence-corrected chi connectivity index (χ4v) is 3.08. The molecular formula is C18H31N3.